The monoisotopic (exact) mass is 1190 g/mol. The third-order valence-corrected chi connectivity index (χ3v) is 76.5. The van der Waals surface area contributed by atoms with Crippen LogP contribution in [0.25, 0.3) is 67.8 Å². The summed E-state index contributed by atoms with van der Waals surface area (Å²) in [6.45, 7) is 35.0. The summed E-state index contributed by atoms with van der Waals surface area (Å²) in [6.07, 6.45) is 5.12. The van der Waals surface area contributed by atoms with Gasteiger partial charge in [0, 0.05) is 0 Å². The van der Waals surface area contributed by atoms with Gasteiger partial charge in [-0.3, -0.25) is 0 Å². The van der Waals surface area contributed by atoms with Gasteiger partial charge in [-0.1, -0.05) is 0 Å². The molecule has 0 saturated carbocycles. The van der Waals surface area contributed by atoms with E-state index in [0.717, 1.165) is 0 Å². The average molecular weight is 1200 g/mol. The third kappa shape index (κ3) is 9.99. The molecular formula is C68H77Cl2Si5Zr. The molecule has 0 saturated heterocycles. The van der Waals surface area contributed by atoms with E-state index in [-0.39, 0.29) is 7.25 Å². The topological polar surface area (TPSA) is 0 Å². The van der Waals surface area contributed by atoms with Crippen molar-refractivity contribution in [2.45, 2.75) is 98.9 Å². The van der Waals surface area contributed by atoms with Gasteiger partial charge >= 0.3 is 474 Å². The van der Waals surface area contributed by atoms with E-state index in [4.69, 9.17) is 0 Å². The van der Waals surface area contributed by atoms with Crippen molar-refractivity contribution in [3.8, 4) is 44.5 Å². The second kappa shape index (κ2) is 20.2. The number of fused-ring (bicyclic) bond motifs is 2. The molecule has 0 amide bonds. The van der Waals surface area contributed by atoms with E-state index < -0.39 is 53.8 Å². The molecule has 0 aromatic heterocycles. The van der Waals surface area contributed by atoms with Crippen LogP contribution in [0.4, 0.5) is 0 Å². The van der Waals surface area contributed by atoms with Crippen LogP contribution in [0.2, 0.25) is 91.7 Å². The third-order valence-electron chi connectivity index (χ3n) is 16.9. The molecule has 2 aliphatic rings. The first-order valence-electron chi connectivity index (χ1n) is 27.6. The van der Waals surface area contributed by atoms with Crippen LogP contribution in [0, 0.1) is 0 Å². The van der Waals surface area contributed by atoms with Crippen molar-refractivity contribution in [2.75, 3.05) is 0 Å². The standard InChI is InChI=1S/2C33H35Si2.C2H7Si.2ClH.Zr/c2*1-34(2,3)29-20-28(21-30(23-29)35(4,5)6)33-31(25-15-11-8-12-16-25)18-17-26-19-27(22-32(26)33)24-13-9-7-10-14-24;1-3-2;;;/h2*7-23H,1-6H3;3H,1-2H3;2*1H;/q;;;;;+2/p-2. The van der Waals surface area contributed by atoms with E-state index in [0.29, 0.717) is 0 Å². The maximum atomic E-state index is 9.51. The molecule has 0 spiro atoms. The van der Waals surface area contributed by atoms with Crippen molar-refractivity contribution in [1.29, 1.82) is 0 Å². The van der Waals surface area contributed by atoms with Crippen LogP contribution < -0.4 is 20.7 Å². The van der Waals surface area contributed by atoms with Gasteiger partial charge in [0.25, 0.3) is 0 Å². The minimum atomic E-state index is -5.56. The van der Waals surface area contributed by atoms with Crippen molar-refractivity contribution in [2.24, 2.45) is 0 Å². The molecule has 2 aliphatic carbocycles. The normalized spacial score (nSPS) is 16.5. The second-order valence-electron chi connectivity index (χ2n) is 26.5. The Morgan fingerprint density at radius 2 is 0.618 bits per heavy atom. The molecule has 2 unspecified atom stereocenters. The van der Waals surface area contributed by atoms with E-state index in [2.05, 4.69) is 286 Å². The zero-order valence-corrected chi connectivity index (χ0v) is 56.6. The number of benzene rings is 8. The van der Waals surface area contributed by atoms with Crippen molar-refractivity contribution >= 4 is 99.3 Å². The number of allylic oxidation sites excluding steroid dienone is 2. The molecule has 0 heterocycles. The fourth-order valence-electron chi connectivity index (χ4n) is 12.3. The van der Waals surface area contributed by atoms with E-state index in [9.17, 15) is 17.0 Å². The molecule has 76 heavy (non-hydrogen) atoms. The fourth-order valence-corrected chi connectivity index (χ4v) is 47.4. The van der Waals surface area contributed by atoms with Crippen LogP contribution in [0.1, 0.15) is 40.6 Å². The van der Waals surface area contributed by atoms with Crippen LogP contribution in [0.15, 0.2) is 182 Å². The molecule has 0 fully saturated rings. The molecule has 0 aliphatic heterocycles. The van der Waals surface area contributed by atoms with Crippen LogP contribution in [0.3, 0.4) is 0 Å². The summed E-state index contributed by atoms with van der Waals surface area (Å²) in [6, 6.07) is 69.6. The first kappa shape index (κ1) is 55.1. The molecule has 387 valence electrons. The molecule has 8 aromatic carbocycles. The van der Waals surface area contributed by atoms with Gasteiger partial charge in [0.15, 0.2) is 0 Å². The number of hydrogen-bond donors (Lipinski definition) is 0. The van der Waals surface area contributed by atoms with Gasteiger partial charge in [-0.05, 0) is 0 Å². The zero-order chi connectivity index (χ0) is 54.4. The minimum absolute atomic E-state index is 0.178. The van der Waals surface area contributed by atoms with Gasteiger partial charge in [0.1, 0.15) is 0 Å². The Kier molecular flexibility index (Phi) is 14.6. The number of hydrogen-bond acceptors (Lipinski definition) is 0. The predicted molar refractivity (Wildman–Crippen MR) is 351 cm³/mol. The Hall–Kier alpha value is -4.21. The average Bonchev–Trinajstić information content (AvgIpc) is 4.16. The van der Waals surface area contributed by atoms with E-state index in [1.807, 2.05) is 0 Å². The van der Waals surface area contributed by atoms with Crippen LogP contribution >= 0.6 is 17.0 Å². The molecule has 0 N–H and O–H groups in total. The van der Waals surface area contributed by atoms with Crippen LogP contribution in [-0.4, -0.2) is 38.2 Å². The molecule has 0 nitrogen and oxygen atoms in total. The molecule has 8 heteroatoms. The van der Waals surface area contributed by atoms with E-state index in [1.54, 1.807) is 0 Å². The van der Waals surface area contributed by atoms with Gasteiger partial charge in [-0.25, -0.2) is 0 Å². The maximum absolute atomic E-state index is 9.51. The van der Waals surface area contributed by atoms with Gasteiger partial charge in [0.2, 0.25) is 0 Å². The summed E-state index contributed by atoms with van der Waals surface area (Å²) in [5.41, 5.74) is 20.3. The first-order chi connectivity index (χ1) is 35.7. The Balaban J connectivity index is 1.33. The summed E-state index contributed by atoms with van der Waals surface area (Å²) >= 11 is -5.56. The summed E-state index contributed by atoms with van der Waals surface area (Å²) in [4.78, 5) is 0. The Labute approximate surface area is 469 Å². The van der Waals surface area contributed by atoms with Gasteiger partial charge in [-0.15, -0.1) is 0 Å². The summed E-state index contributed by atoms with van der Waals surface area (Å²) in [5, 5.41) is 6.03. The predicted octanol–water partition coefficient (Wildman–Crippen LogP) is 18.4. The summed E-state index contributed by atoms with van der Waals surface area (Å²) in [5.74, 6) is -2.03. The second-order valence-corrected chi connectivity index (χ2v) is 89.3. The molecule has 0 radical (unpaired) electrons. The van der Waals surface area contributed by atoms with E-state index >= 15 is 0 Å². The van der Waals surface area contributed by atoms with Crippen LogP contribution in [0.5, 0.6) is 0 Å². The summed E-state index contributed by atoms with van der Waals surface area (Å²) in [7, 11) is 12.0. The number of rotatable bonds is 13. The van der Waals surface area contributed by atoms with Crippen molar-refractivity contribution in [1.82, 2.24) is 0 Å². The van der Waals surface area contributed by atoms with Crippen LogP contribution in [-0.2, 0) is 15.6 Å². The van der Waals surface area contributed by atoms with Gasteiger partial charge in [0.05, 0.1) is 0 Å². The first-order valence-corrected chi connectivity index (χ1v) is 57.9. The SMILES string of the molecule is C[SiH](C)[Zr]([Cl])([Cl])([CH]1C(c2ccccc2)=Cc2c1ccc(-c1ccccc1)c2-c1cc([Si](C)(C)C)cc([Si](C)(C)C)c1)[CH]1C(c2ccccc2)=Cc2c1ccc(-c1ccccc1)c2-c1cc([Si](C)(C)C)cc([Si](C)(C)C)c1. The molecular weight excluding hydrogens is 1120 g/mol. The molecule has 10 rings (SSSR count). The molecule has 0 bridgehead atoms. The van der Waals surface area contributed by atoms with Crippen molar-refractivity contribution in [3.05, 3.63) is 215 Å². The van der Waals surface area contributed by atoms with Crippen molar-refractivity contribution in [3.63, 3.8) is 0 Å². The zero-order valence-electron chi connectivity index (χ0n) is 47.5. The molecule has 8 aromatic rings. The Morgan fingerprint density at radius 3 is 0.882 bits per heavy atom. The Bertz CT molecular complexity index is 3280. The van der Waals surface area contributed by atoms with Crippen molar-refractivity contribution < 1.29 is 15.6 Å². The van der Waals surface area contributed by atoms with Gasteiger partial charge < -0.3 is 0 Å². The van der Waals surface area contributed by atoms with E-state index in [1.165, 1.54) is 110 Å². The number of halogens is 2. The Morgan fingerprint density at radius 1 is 0.342 bits per heavy atom. The summed E-state index contributed by atoms with van der Waals surface area (Å²) < 4.78 is -0.355. The van der Waals surface area contributed by atoms with Gasteiger partial charge in [-0.2, -0.15) is 0 Å². The fraction of sp³-hybridized carbons (Fsp3) is 0.235. The quantitative estimate of drug-likeness (QED) is 0.101. The molecule has 2 atom stereocenters.